The summed E-state index contributed by atoms with van der Waals surface area (Å²) < 4.78 is 1.81. The molecule has 0 saturated heterocycles. The lowest BCUT2D eigenvalue weighted by molar-refractivity contribution is 0.678. The first-order valence-electron chi connectivity index (χ1n) is 12.4. The maximum absolute atomic E-state index is 12.6. The van der Waals surface area contributed by atoms with Gasteiger partial charge in [-0.1, -0.05) is 68.8 Å². The van der Waals surface area contributed by atoms with E-state index in [2.05, 4.69) is 69.8 Å². The molecule has 0 aliphatic heterocycles. The van der Waals surface area contributed by atoms with Crippen LogP contribution in [0.5, 0.6) is 0 Å². The number of rotatable bonds is 9. The molecule has 0 unspecified atom stereocenters. The van der Waals surface area contributed by atoms with Crippen molar-refractivity contribution in [3.63, 3.8) is 0 Å². The summed E-state index contributed by atoms with van der Waals surface area (Å²) in [6.07, 6.45) is 7.57. The molecule has 2 N–H and O–H groups in total. The number of aromatic amines is 2. The number of aromatic nitrogens is 7. The molecule has 8 heteroatoms. The van der Waals surface area contributed by atoms with Crippen LogP contribution in [0.1, 0.15) is 43.5 Å². The zero-order valence-electron chi connectivity index (χ0n) is 20.5. The molecule has 36 heavy (non-hydrogen) atoms. The maximum atomic E-state index is 12.6. The summed E-state index contributed by atoms with van der Waals surface area (Å²) >= 11 is 0. The Kier molecular flexibility index (Phi) is 6.84. The standard InChI is InChI=1S/C28H29N7O/c1-3-5-11-21-17-30-28(36)35(21)18-19-15-25(22-12-7-6-10-20(22)4-2)26(29-16-19)23-13-8-9-14-24(23)27-31-33-34-32-27/h6-10,12-17H,3-5,11,18H2,1-2H3,(H,30,36)(H,31,32,33,34). The van der Waals surface area contributed by atoms with Crippen molar-refractivity contribution in [3.05, 3.63) is 94.3 Å². The van der Waals surface area contributed by atoms with Gasteiger partial charge in [-0.25, -0.2) is 4.79 Å². The fourth-order valence-corrected chi connectivity index (χ4v) is 4.62. The van der Waals surface area contributed by atoms with Gasteiger partial charge in [0.15, 0.2) is 0 Å². The molecule has 0 radical (unpaired) electrons. The van der Waals surface area contributed by atoms with Crippen molar-refractivity contribution in [3.8, 4) is 33.8 Å². The maximum Gasteiger partial charge on any atom is 0.326 e. The molecule has 182 valence electrons. The Bertz CT molecular complexity index is 1520. The van der Waals surface area contributed by atoms with Crippen LogP contribution in [-0.2, 0) is 19.4 Å². The van der Waals surface area contributed by atoms with Crippen molar-refractivity contribution >= 4 is 0 Å². The third-order valence-corrected chi connectivity index (χ3v) is 6.48. The fraction of sp³-hybridized carbons (Fsp3) is 0.250. The van der Waals surface area contributed by atoms with E-state index in [1.54, 1.807) is 0 Å². The van der Waals surface area contributed by atoms with Gasteiger partial charge in [-0.15, -0.1) is 10.2 Å². The lowest BCUT2D eigenvalue weighted by atomic mass is 9.91. The normalized spacial score (nSPS) is 11.2. The predicted molar refractivity (Wildman–Crippen MR) is 140 cm³/mol. The predicted octanol–water partition coefficient (Wildman–Crippen LogP) is 5.04. The van der Waals surface area contributed by atoms with E-state index in [9.17, 15) is 4.79 Å². The Labute approximate surface area is 209 Å². The minimum absolute atomic E-state index is 0.0943. The molecule has 5 rings (SSSR count). The summed E-state index contributed by atoms with van der Waals surface area (Å²) in [6.45, 7) is 4.77. The van der Waals surface area contributed by atoms with E-state index >= 15 is 0 Å². The van der Waals surface area contributed by atoms with Crippen molar-refractivity contribution in [2.24, 2.45) is 0 Å². The molecular weight excluding hydrogens is 450 g/mol. The monoisotopic (exact) mass is 479 g/mol. The number of nitrogens with one attached hydrogen (secondary N) is 2. The summed E-state index contributed by atoms with van der Waals surface area (Å²) in [6, 6.07) is 18.5. The van der Waals surface area contributed by atoms with Crippen LogP contribution in [0.15, 0.2) is 71.8 Å². The van der Waals surface area contributed by atoms with E-state index in [0.717, 1.165) is 64.9 Å². The largest absolute Gasteiger partial charge is 0.326 e. The van der Waals surface area contributed by atoms with Crippen LogP contribution < -0.4 is 5.69 Å². The van der Waals surface area contributed by atoms with Gasteiger partial charge in [0.2, 0.25) is 5.82 Å². The van der Waals surface area contributed by atoms with Crippen LogP contribution in [0.4, 0.5) is 0 Å². The average molecular weight is 480 g/mol. The number of tetrazole rings is 1. The van der Waals surface area contributed by atoms with Gasteiger partial charge in [0.25, 0.3) is 0 Å². The second-order valence-electron chi connectivity index (χ2n) is 8.81. The molecule has 0 aliphatic carbocycles. The summed E-state index contributed by atoms with van der Waals surface area (Å²) in [5, 5.41) is 14.7. The number of hydrogen-bond donors (Lipinski definition) is 2. The molecule has 0 fully saturated rings. The molecule has 0 spiro atoms. The SMILES string of the molecule is CCCCc1c[nH]c(=O)n1Cc1cnc(-c2ccccc2-c2nn[nH]n2)c(-c2ccccc2CC)c1. The van der Waals surface area contributed by atoms with Gasteiger partial charge in [-0.2, -0.15) is 5.21 Å². The Hall–Kier alpha value is -4.33. The second-order valence-corrected chi connectivity index (χ2v) is 8.81. The smallest absolute Gasteiger partial charge is 0.312 e. The molecular formula is C28H29N7O. The molecule has 0 bridgehead atoms. The van der Waals surface area contributed by atoms with Gasteiger partial charge in [0.05, 0.1) is 12.2 Å². The Balaban J connectivity index is 1.66. The lowest BCUT2D eigenvalue weighted by Gasteiger charge is -2.16. The first-order valence-corrected chi connectivity index (χ1v) is 12.4. The number of aryl methyl sites for hydroxylation is 2. The highest BCUT2D eigenvalue weighted by Gasteiger charge is 2.18. The number of nitrogens with zero attached hydrogens (tertiary/aromatic N) is 5. The first kappa shape index (κ1) is 23.4. The summed E-state index contributed by atoms with van der Waals surface area (Å²) in [7, 11) is 0. The summed E-state index contributed by atoms with van der Waals surface area (Å²) in [5.41, 5.74) is 7.88. The zero-order valence-corrected chi connectivity index (χ0v) is 20.5. The Morgan fingerprint density at radius 1 is 0.944 bits per heavy atom. The number of imidazole rings is 1. The second kappa shape index (κ2) is 10.5. The van der Waals surface area contributed by atoms with Gasteiger partial charge < -0.3 is 4.98 Å². The lowest BCUT2D eigenvalue weighted by Crippen LogP contribution is -2.20. The number of benzene rings is 2. The van der Waals surface area contributed by atoms with E-state index in [1.807, 2.05) is 41.2 Å². The third-order valence-electron chi connectivity index (χ3n) is 6.48. The highest BCUT2D eigenvalue weighted by molar-refractivity contribution is 5.89. The molecule has 8 nitrogen and oxygen atoms in total. The molecule has 0 atom stereocenters. The van der Waals surface area contributed by atoms with Crippen LogP contribution in [0.2, 0.25) is 0 Å². The van der Waals surface area contributed by atoms with E-state index in [1.165, 1.54) is 5.56 Å². The fourth-order valence-electron chi connectivity index (χ4n) is 4.62. The minimum atomic E-state index is -0.0943. The van der Waals surface area contributed by atoms with Gasteiger partial charge in [-0.3, -0.25) is 9.55 Å². The molecule has 3 heterocycles. The van der Waals surface area contributed by atoms with Crippen molar-refractivity contribution in [1.82, 2.24) is 35.2 Å². The highest BCUT2D eigenvalue weighted by atomic mass is 16.1. The topological polar surface area (TPSA) is 105 Å². The van der Waals surface area contributed by atoms with E-state index < -0.39 is 0 Å². The van der Waals surface area contributed by atoms with Crippen LogP contribution in [0.3, 0.4) is 0 Å². The summed E-state index contributed by atoms with van der Waals surface area (Å²) in [5.74, 6) is 0.519. The van der Waals surface area contributed by atoms with E-state index in [4.69, 9.17) is 4.98 Å². The minimum Gasteiger partial charge on any atom is -0.312 e. The zero-order chi connectivity index (χ0) is 24.9. The van der Waals surface area contributed by atoms with Crippen LogP contribution in [0.25, 0.3) is 33.8 Å². The van der Waals surface area contributed by atoms with Crippen molar-refractivity contribution in [2.75, 3.05) is 0 Å². The van der Waals surface area contributed by atoms with Crippen LogP contribution in [-0.4, -0.2) is 35.2 Å². The number of unbranched alkanes of at least 4 members (excludes halogenated alkanes) is 1. The molecule has 2 aromatic carbocycles. The van der Waals surface area contributed by atoms with Crippen molar-refractivity contribution < 1.29 is 0 Å². The Morgan fingerprint density at radius 3 is 2.47 bits per heavy atom. The number of hydrogen-bond acceptors (Lipinski definition) is 5. The van der Waals surface area contributed by atoms with Gasteiger partial charge in [0, 0.05) is 34.8 Å². The first-order chi connectivity index (χ1) is 17.7. The average Bonchev–Trinajstić information content (AvgIpc) is 3.58. The molecule has 0 amide bonds. The molecule has 3 aromatic heterocycles. The van der Waals surface area contributed by atoms with E-state index in [-0.39, 0.29) is 5.69 Å². The number of pyridine rings is 1. The van der Waals surface area contributed by atoms with Crippen LogP contribution in [0, 0.1) is 0 Å². The summed E-state index contributed by atoms with van der Waals surface area (Å²) in [4.78, 5) is 20.4. The van der Waals surface area contributed by atoms with Gasteiger partial charge in [-0.05, 0) is 47.2 Å². The number of H-pyrrole nitrogens is 2. The van der Waals surface area contributed by atoms with Crippen LogP contribution >= 0.6 is 0 Å². The Morgan fingerprint density at radius 2 is 1.72 bits per heavy atom. The van der Waals surface area contributed by atoms with Gasteiger partial charge in [0.1, 0.15) is 0 Å². The van der Waals surface area contributed by atoms with E-state index in [0.29, 0.717) is 12.4 Å². The highest BCUT2D eigenvalue weighted by Crippen LogP contribution is 2.37. The van der Waals surface area contributed by atoms with Crippen molar-refractivity contribution in [2.45, 2.75) is 46.1 Å². The van der Waals surface area contributed by atoms with Crippen molar-refractivity contribution in [1.29, 1.82) is 0 Å². The molecule has 5 aromatic rings. The quantitative estimate of drug-likeness (QED) is 0.308. The third kappa shape index (κ3) is 4.62. The molecule has 0 aliphatic rings. The van der Waals surface area contributed by atoms with Gasteiger partial charge >= 0.3 is 5.69 Å². The molecule has 0 saturated carbocycles.